The van der Waals surface area contributed by atoms with E-state index in [4.69, 9.17) is 15.0 Å². The van der Waals surface area contributed by atoms with Gasteiger partial charge in [0.25, 0.3) is 0 Å². The van der Waals surface area contributed by atoms with Crippen LogP contribution in [0, 0.1) is 0 Å². The van der Waals surface area contributed by atoms with E-state index in [-0.39, 0.29) is 0 Å². The minimum atomic E-state index is -0.719. The molecule has 1 unspecified atom stereocenters. The molecule has 0 saturated carbocycles. The lowest BCUT2D eigenvalue weighted by Gasteiger charge is -2.19. The first-order valence-electron chi connectivity index (χ1n) is 7.35. The quantitative estimate of drug-likeness (QED) is 0.756. The van der Waals surface area contributed by atoms with Crippen LogP contribution < -0.4 is 5.73 Å². The zero-order chi connectivity index (χ0) is 15.1. The molecule has 2 aromatic rings. The van der Waals surface area contributed by atoms with E-state index in [0.717, 1.165) is 12.8 Å². The van der Waals surface area contributed by atoms with Crippen LogP contribution >= 0.6 is 0 Å². The highest BCUT2D eigenvalue weighted by atomic mass is 16.5. The van der Waals surface area contributed by atoms with Crippen molar-refractivity contribution in [3.63, 3.8) is 0 Å². The van der Waals surface area contributed by atoms with Gasteiger partial charge in [-0.2, -0.15) is 4.98 Å². The Morgan fingerprint density at radius 2 is 2.00 bits per heavy atom. The predicted octanol–water partition coefficient (Wildman–Crippen LogP) is 2.46. The van der Waals surface area contributed by atoms with Crippen molar-refractivity contribution in [3.05, 3.63) is 47.6 Å². The van der Waals surface area contributed by atoms with Gasteiger partial charge in [-0.05, 0) is 25.3 Å². The maximum Gasteiger partial charge on any atom is 0.227 e. The van der Waals surface area contributed by atoms with E-state index in [9.17, 15) is 0 Å². The standard InChI is InChI=1S/C16H23N3O2/c1-3-11-20-12-16(2,17)15-18-14(21-19-15)10-9-13-7-5-4-6-8-13/h4-8H,3,9-12,17H2,1-2H3. The summed E-state index contributed by atoms with van der Waals surface area (Å²) in [6.45, 7) is 4.99. The predicted molar refractivity (Wildman–Crippen MR) is 80.8 cm³/mol. The number of nitrogens with two attached hydrogens (primary N) is 1. The van der Waals surface area contributed by atoms with Crippen molar-refractivity contribution in [3.8, 4) is 0 Å². The van der Waals surface area contributed by atoms with Gasteiger partial charge in [0, 0.05) is 13.0 Å². The second-order valence-corrected chi connectivity index (χ2v) is 5.47. The Hall–Kier alpha value is -1.72. The van der Waals surface area contributed by atoms with Crippen molar-refractivity contribution in [2.45, 2.75) is 38.6 Å². The molecule has 1 atom stereocenters. The molecule has 1 aromatic carbocycles. The summed E-state index contributed by atoms with van der Waals surface area (Å²) in [4.78, 5) is 4.39. The summed E-state index contributed by atoms with van der Waals surface area (Å²) in [6, 6.07) is 10.2. The van der Waals surface area contributed by atoms with Gasteiger partial charge >= 0.3 is 0 Å². The first-order chi connectivity index (χ1) is 10.1. The summed E-state index contributed by atoms with van der Waals surface area (Å²) in [5, 5.41) is 3.99. The second-order valence-electron chi connectivity index (χ2n) is 5.47. The van der Waals surface area contributed by atoms with Gasteiger partial charge in [0.15, 0.2) is 5.82 Å². The fraction of sp³-hybridized carbons (Fsp3) is 0.500. The van der Waals surface area contributed by atoms with Crippen LogP contribution in [0.1, 0.15) is 37.5 Å². The molecular weight excluding hydrogens is 266 g/mol. The van der Waals surface area contributed by atoms with E-state index >= 15 is 0 Å². The van der Waals surface area contributed by atoms with Crippen LogP contribution in [0.25, 0.3) is 0 Å². The lowest BCUT2D eigenvalue weighted by molar-refractivity contribution is 0.0867. The third kappa shape index (κ3) is 4.65. The molecule has 1 aromatic heterocycles. The third-order valence-electron chi connectivity index (χ3n) is 3.20. The van der Waals surface area contributed by atoms with Gasteiger partial charge in [0.1, 0.15) is 5.54 Å². The number of nitrogens with zero attached hydrogens (tertiary/aromatic N) is 2. The van der Waals surface area contributed by atoms with Crippen LogP contribution in [0.4, 0.5) is 0 Å². The highest BCUT2D eigenvalue weighted by Gasteiger charge is 2.27. The fourth-order valence-electron chi connectivity index (χ4n) is 1.98. The Bertz CT molecular complexity index is 537. The molecule has 2 N–H and O–H groups in total. The van der Waals surface area contributed by atoms with Gasteiger partial charge < -0.3 is 15.0 Å². The van der Waals surface area contributed by atoms with Crippen molar-refractivity contribution in [1.82, 2.24) is 10.1 Å². The van der Waals surface area contributed by atoms with Gasteiger partial charge in [-0.1, -0.05) is 42.4 Å². The van der Waals surface area contributed by atoms with Crippen LogP contribution in [-0.2, 0) is 23.1 Å². The molecule has 0 amide bonds. The van der Waals surface area contributed by atoms with Crippen molar-refractivity contribution >= 4 is 0 Å². The van der Waals surface area contributed by atoms with Crippen LogP contribution in [0.5, 0.6) is 0 Å². The summed E-state index contributed by atoms with van der Waals surface area (Å²) in [5.41, 5.74) is 6.72. The monoisotopic (exact) mass is 289 g/mol. The molecule has 21 heavy (non-hydrogen) atoms. The number of rotatable bonds is 8. The first kappa shape index (κ1) is 15.7. The van der Waals surface area contributed by atoms with Crippen LogP contribution in [0.15, 0.2) is 34.9 Å². The lowest BCUT2D eigenvalue weighted by Crippen LogP contribution is -2.39. The Balaban J connectivity index is 1.91. The zero-order valence-corrected chi connectivity index (χ0v) is 12.7. The molecule has 1 heterocycles. The topological polar surface area (TPSA) is 74.2 Å². The maximum atomic E-state index is 6.19. The minimum Gasteiger partial charge on any atom is -0.379 e. The number of benzene rings is 1. The van der Waals surface area contributed by atoms with Crippen molar-refractivity contribution < 1.29 is 9.26 Å². The normalized spacial score (nSPS) is 14.0. The average Bonchev–Trinajstić information content (AvgIpc) is 2.96. The van der Waals surface area contributed by atoms with Crippen LogP contribution in [0.2, 0.25) is 0 Å². The van der Waals surface area contributed by atoms with Crippen LogP contribution in [-0.4, -0.2) is 23.4 Å². The number of aryl methyl sites for hydroxylation is 2. The number of hydrogen-bond donors (Lipinski definition) is 1. The van der Waals surface area contributed by atoms with E-state index < -0.39 is 5.54 Å². The van der Waals surface area contributed by atoms with Gasteiger partial charge in [0.05, 0.1) is 6.61 Å². The Kier molecular flexibility index (Phi) is 5.47. The zero-order valence-electron chi connectivity index (χ0n) is 12.7. The molecule has 0 radical (unpaired) electrons. The van der Waals surface area contributed by atoms with E-state index in [1.165, 1.54) is 5.56 Å². The maximum absolute atomic E-state index is 6.19. The van der Waals surface area contributed by atoms with Crippen molar-refractivity contribution in [2.24, 2.45) is 5.73 Å². The summed E-state index contributed by atoms with van der Waals surface area (Å²) < 4.78 is 10.8. The number of ether oxygens (including phenoxy) is 1. The Morgan fingerprint density at radius 3 is 2.71 bits per heavy atom. The molecule has 0 aliphatic carbocycles. The largest absolute Gasteiger partial charge is 0.379 e. The summed E-state index contributed by atoms with van der Waals surface area (Å²) in [5.74, 6) is 1.11. The lowest BCUT2D eigenvalue weighted by atomic mass is 10.1. The highest BCUT2D eigenvalue weighted by Crippen LogP contribution is 2.16. The first-order valence-corrected chi connectivity index (χ1v) is 7.35. The van der Waals surface area contributed by atoms with E-state index in [1.807, 2.05) is 25.1 Å². The van der Waals surface area contributed by atoms with E-state index in [2.05, 4.69) is 29.2 Å². The molecule has 2 rings (SSSR count). The minimum absolute atomic E-state index is 0.387. The Morgan fingerprint density at radius 1 is 1.24 bits per heavy atom. The third-order valence-corrected chi connectivity index (χ3v) is 3.20. The average molecular weight is 289 g/mol. The summed E-state index contributed by atoms with van der Waals surface area (Å²) >= 11 is 0. The molecule has 0 aliphatic rings. The number of aromatic nitrogens is 2. The van der Waals surface area contributed by atoms with E-state index in [1.54, 1.807) is 0 Å². The smallest absolute Gasteiger partial charge is 0.227 e. The van der Waals surface area contributed by atoms with Gasteiger partial charge in [-0.15, -0.1) is 0 Å². The van der Waals surface area contributed by atoms with Crippen LogP contribution in [0.3, 0.4) is 0 Å². The van der Waals surface area contributed by atoms with Crippen molar-refractivity contribution in [2.75, 3.05) is 13.2 Å². The summed E-state index contributed by atoms with van der Waals surface area (Å²) in [6.07, 6.45) is 2.55. The van der Waals surface area contributed by atoms with Crippen molar-refractivity contribution in [1.29, 1.82) is 0 Å². The molecule has 0 spiro atoms. The molecule has 5 heteroatoms. The molecule has 0 aliphatic heterocycles. The van der Waals surface area contributed by atoms with Gasteiger partial charge in [-0.25, -0.2) is 0 Å². The molecule has 5 nitrogen and oxygen atoms in total. The fourth-order valence-corrected chi connectivity index (χ4v) is 1.98. The second kappa shape index (κ2) is 7.33. The molecular formula is C16H23N3O2. The van der Waals surface area contributed by atoms with E-state index in [0.29, 0.717) is 31.3 Å². The molecule has 0 bridgehead atoms. The summed E-state index contributed by atoms with van der Waals surface area (Å²) in [7, 11) is 0. The Labute approximate surface area is 125 Å². The molecule has 114 valence electrons. The number of hydrogen-bond acceptors (Lipinski definition) is 5. The SMILES string of the molecule is CCCOCC(C)(N)c1noc(CCc2ccccc2)n1. The molecule has 0 saturated heterocycles. The molecule has 0 fully saturated rings. The highest BCUT2D eigenvalue weighted by molar-refractivity contribution is 5.15. The van der Waals surface area contributed by atoms with Gasteiger partial charge in [0.2, 0.25) is 5.89 Å². The van der Waals surface area contributed by atoms with Gasteiger partial charge in [-0.3, -0.25) is 0 Å².